The molecular formula is C19H27NO5S2. The second-order valence-electron chi connectivity index (χ2n) is 6.99. The molecule has 0 spiro atoms. The van der Waals surface area contributed by atoms with Crippen LogP contribution in [0, 0.1) is 0 Å². The van der Waals surface area contributed by atoms with Gasteiger partial charge >= 0.3 is 5.97 Å². The van der Waals surface area contributed by atoms with E-state index < -0.39 is 15.8 Å². The van der Waals surface area contributed by atoms with E-state index in [1.165, 1.54) is 17.3 Å². The molecule has 0 aromatic heterocycles. The van der Waals surface area contributed by atoms with Crippen molar-refractivity contribution in [3.63, 3.8) is 0 Å². The van der Waals surface area contributed by atoms with Crippen molar-refractivity contribution in [3.8, 4) is 0 Å². The molecule has 0 radical (unpaired) electrons. The highest BCUT2D eigenvalue weighted by molar-refractivity contribution is 8.02. The molecule has 1 atom stereocenters. The molecule has 27 heavy (non-hydrogen) atoms. The monoisotopic (exact) mass is 413 g/mol. The molecule has 1 heterocycles. The van der Waals surface area contributed by atoms with Gasteiger partial charge in [-0.3, -0.25) is 9.59 Å². The Hall–Kier alpha value is -1.54. The van der Waals surface area contributed by atoms with Gasteiger partial charge in [-0.15, -0.1) is 11.8 Å². The van der Waals surface area contributed by atoms with Gasteiger partial charge in [-0.1, -0.05) is 38.1 Å². The predicted octanol–water partition coefficient (Wildman–Crippen LogP) is 1.93. The van der Waals surface area contributed by atoms with Crippen LogP contribution < -0.4 is 5.32 Å². The highest BCUT2D eigenvalue weighted by Gasteiger charge is 2.28. The summed E-state index contributed by atoms with van der Waals surface area (Å²) in [5.74, 6) is 0.0191. The molecule has 1 N–H and O–H groups in total. The Kier molecular flexibility index (Phi) is 8.16. The van der Waals surface area contributed by atoms with Crippen molar-refractivity contribution in [3.05, 3.63) is 35.4 Å². The predicted molar refractivity (Wildman–Crippen MR) is 108 cm³/mol. The Bertz CT molecular complexity index is 744. The second kappa shape index (κ2) is 10.1. The summed E-state index contributed by atoms with van der Waals surface area (Å²) in [5, 5.41) is 2.67. The van der Waals surface area contributed by atoms with Crippen molar-refractivity contribution < 1.29 is 22.7 Å². The van der Waals surface area contributed by atoms with Crippen LogP contribution in [0.3, 0.4) is 0 Å². The molecule has 1 aromatic carbocycles. The third kappa shape index (κ3) is 7.92. The van der Waals surface area contributed by atoms with Crippen LogP contribution >= 0.6 is 11.8 Å². The first kappa shape index (κ1) is 21.8. The van der Waals surface area contributed by atoms with Crippen molar-refractivity contribution in [1.82, 2.24) is 5.32 Å². The van der Waals surface area contributed by atoms with Crippen LogP contribution in [0.15, 0.2) is 24.3 Å². The van der Waals surface area contributed by atoms with Gasteiger partial charge in [-0.05, 0) is 29.9 Å². The van der Waals surface area contributed by atoms with Gasteiger partial charge in [0.15, 0.2) is 16.4 Å². The summed E-state index contributed by atoms with van der Waals surface area (Å²) in [4.78, 5) is 23.4. The van der Waals surface area contributed by atoms with E-state index in [0.29, 0.717) is 25.3 Å². The molecule has 6 nitrogen and oxygen atoms in total. The largest absolute Gasteiger partial charge is 0.455 e. The first-order valence-corrected chi connectivity index (χ1v) is 12.0. The van der Waals surface area contributed by atoms with Gasteiger partial charge in [0.25, 0.3) is 5.91 Å². The number of hydrogen-bond acceptors (Lipinski definition) is 6. The van der Waals surface area contributed by atoms with Crippen LogP contribution in [0.5, 0.6) is 0 Å². The van der Waals surface area contributed by atoms with Crippen molar-refractivity contribution in [1.29, 1.82) is 0 Å². The zero-order chi connectivity index (χ0) is 19.9. The molecule has 0 aliphatic carbocycles. The number of esters is 1. The van der Waals surface area contributed by atoms with Gasteiger partial charge in [0.05, 0.1) is 17.3 Å². The van der Waals surface area contributed by atoms with Crippen LogP contribution in [0.4, 0.5) is 0 Å². The van der Waals surface area contributed by atoms with Gasteiger partial charge < -0.3 is 10.1 Å². The molecule has 1 saturated heterocycles. The van der Waals surface area contributed by atoms with E-state index in [1.54, 1.807) is 0 Å². The third-order valence-corrected chi connectivity index (χ3v) is 7.63. The maximum Gasteiger partial charge on any atom is 0.316 e. The Balaban J connectivity index is 1.58. The number of sulfone groups is 1. The maximum atomic E-state index is 11.8. The number of hydrogen-bond donors (Lipinski definition) is 1. The first-order valence-electron chi connectivity index (χ1n) is 9.08. The van der Waals surface area contributed by atoms with Gasteiger partial charge in [-0.2, -0.15) is 0 Å². The molecule has 1 aliphatic rings. The van der Waals surface area contributed by atoms with E-state index in [1.807, 2.05) is 0 Å². The Labute approximate surface area is 165 Å². The molecule has 2 rings (SSSR count). The number of nitrogens with one attached hydrogen (secondary N) is 1. The highest BCUT2D eigenvalue weighted by atomic mass is 32.2. The number of thioether (sulfide) groups is 1. The molecule has 1 aromatic rings. The van der Waals surface area contributed by atoms with Gasteiger partial charge in [0, 0.05) is 11.8 Å². The summed E-state index contributed by atoms with van der Waals surface area (Å²) < 4.78 is 27.7. The van der Waals surface area contributed by atoms with Crippen LogP contribution in [-0.2, 0) is 30.6 Å². The maximum absolute atomic E-state index is 11.8. The average molecular weight is 414 g/mol. The van der Waals surface area contributed by atoms with Crippen molar-refractivity contribution in [2.75, 3.05) is 30.4 Å². The summed E-state index contributed by atoms with van der Waals surface area (Å²) in [7, 11) is -2.95. The molecule has 1 aliphatic heterocycles. The van der Waals surface area contributed by atoms with Crippen molar-refractivity contribution in [2.45, 2.75) is 37.9 Å². The smallest absolute Gasteiger partial charge is 0.316 e. The van der Waals surface area contributed by atoms with Crippen LogP contribution in [0.25, 0.3) is 0 Å². The topological polar surface area (TPSA) is 89.5 Å². The van der Waals surface area contributed by atoms with E-state index in [9.17, 15) is 18.0 Å². The van der Waals surface area contributed by atoms with Crippen molar-refractivity contribution in [2.24, 2.45) is 0 Å². The lowest BCUT2D eigenvalue weighted by Gasteiger charge is -2.09. The number of ether oxygens (including phenoxy) is 1. The molecule has 0 bridgehead atoms. The van der Waals surface area contributed by atoms with Crippen LogP contribution in [-0.4, -0.2) is 56.0 Å². The molecule has 1 fully saturated rings. The summed E-state index contributed by atoms with van der Waals surface area (Å²) in [6, 6.07) is 8.30. The summed E-state index contributed by atoms with van der Waals surface area (Å²) in [6.45, 7) is 4.45. The molecule has 8 heteroatoms. The third-order valence-electron chi connectivity index (χ3n) is 4.37. The Morgan fingerprint density at radius 2 is 1.96 bits per heavy atom. The standard InChI is InChI=1S/C19H27NO5S2/c1-14(2)16-5-3-15(4-6-16)7-9-20-18(21)11-25-19(22)12-26-17-8-10-27(23,24)13-17/h3-6,14,17H,7-13H2,1-2H3,(H,20,21)/t17-/m1/s1. The number of amides is 1. The normalized spacial score (nSPS) is 18.4. The average Bonchev–Trinajstić information content (AvgIpc) is 2.97. The van der Waals surface area contributed by atoms with Crippen LogP contribution in [0.2, 0.25) is 0 Å². The minimum atomic E-state index is -2.95. The first-order chi connectivity index (χ1) is 12.7. The van der Waals surface area contributed by atoms with Gasteiger partial charge in [0.2, 0.25) is 0 Å². The fraction of sp³-hybridized carbons (Fsp3) is 0.579. The fourth-order valence-electron chi connectivity index (χ4n) is 2.73. The molecule has 150 valence electrons. The zero-order valence-corrected chi connectivity index (χ0v) is 17.4. The lowest BCUT2D eigenvalue weighted by molar-refractivity contribution is -0.145. The molecular weight excluding hydrogens is 386 g/mol. The number of rotatable bonds is 9. The number of carbonyl (C=O) groups is 2. The SMILES string of the molecule is CC(C)c1ccc(CCNC(=O)COC(=O)CS[C@@H]2CCS(=O)(=O)C2)cc1. The zero-order valence-electron chi connectivity index (χ0n) is 15.8. The lowest BCUT2D eigenvalue weighted by atomic mass is 10.0. The number of carbonyl (C=O) groups excluding carboxylic acids is 2. The minimum absolute atomic E-state index is 0.0570. The van der Waals surface area contributed by atoms with Gasteiger partial charge in [-0.25, -0.2) is 8.42 Å². The highest BCUT2D eigenvalue weighted by Crippen LogP contribution is 2.24. The van der Waals surface area contributed by atoms with Crippen molar-refractivity contribution >= 4 is 33.5 Å². The van der Waals surface area contributed by atoms with E-state index in [4.69, 9.17) is 4.74 Å². The second-order valence-corrected chi connectivity index (χ2v) is 10.5. The summed E-state index contributed by atoms with van der Waals surface area (Å²) in [6.07, 6.45) is 1.28. The van der Waals surface area contributed by atoms with E-state index in [0.717, 1.165) is 5.56 Å². The van der Waals surface area contributed by atoms with E-state index >= 15 is 0 Å². The van der Waals surface area contributed by atoms with Crippen LogP contribution in [0.1, 0.15) is 37.3 Å². The quantitative estimate of drug-likeness (QED) is 0.622. The Morgan fingerprint density at radius 3 is 2.56 bits per heavy atom. The summed E-state index contributed by atoms with van der Waals surface area (Å²) in [5.41, 5.74) is 2.42. The van der Waals surface area contributed by atoms with E-state index in [2.05, 4.69) is 43.4 Å². The fourth-order valence-corrected chi connectivity index (χ4v) is 6.17. The molecule has 0 unspecified atom stereocenters. The molecule has 0 saturated carbocycles. The molecule has 1 amide bonds. The lowest BCUT2D eigenvalue weighted by Crippen LogP contribution is -2.30. The summed E-state index contributed by atoms with van der Waals surface area (Å²) >= 11 is 1.28. The minimum Gasteiger partial charge on any atom is -0.455 e. The van der Waals surface area contributed by atoms with E-state index in [-0.39, 0.29) is 35.0 Å². The van der Waals surface area contributed by atoms with Gasteiger partial charge in [0.1, 0.15) is 0 Å². The Morgan fingerprint density at radius 1 is 1.26 bits per heavy atom. The number of benzene rings is 1.